The lowest BCUT2D eigenvalue weighted by Gasteiger charge is -2.26. The second-order valence-electron chi connectivity index (χ2n) is 4.17. The number of amides is 1. The zero-order valence-corrected chi connectivity index (χ0v) is 12.5. The summed E-state index contributed by atoms with van der Waals surface area (Å²) in [6.45, 7) is 7.86. The summed E-state index contributed by atoms with van der Waals surface area (Å²) in [6.07, 6.45) is 0.213. The molecular formula is C13H26N2O4. The molecule has 112 valence electrons. The number of carbonyl (C=O) groups excluding carboxylic acids is 2. The Morgan fingerprint density at radius 2 is 1.63 bits per heavy atom. The molecule has 0 fully saturated rings. The van der Waals surface area contributed by atoms with Gasteiger partial charge in [-0.05, 0) is 13.1 Å². The third-order valence-electron chi connectivity index (χ3n) is 3.01. The molecule has 0 radical (unpaired) electrons. The van der Waals surface area contributed by atoms with Gasteiger partial charge >= 0.3 is 5.97 Å². The summed E-state index contributed by atoms with van der Waals surface area (Å²) >= 11 is 0. The van der Waals surface area contributed by atoms with Crippen LogP contribution in [0.1, 0.15) is 20.3 Å². The van der Waals surface area contributed by atoms with Gasteiger partial charge in [0, 0.05) is 26.7 Å². The van der Waals surface area contributed by atoms with Crippen molar-refractivity contribution in [2.24, 2.45) is 0 Å². The largest absolute Gasteiger partial charge is 0.469 e. The molecule has 0 N–H and O–H groups in total. The number of hydrogen-bond acceptors (Lipinski definition) is 5. The van der Waals surface area contributed by atoms with Gasteiger partial charge in [-0.2, -0.15) is 0 Å². The van der Waals surface area contributed by atoms with Crippen molar-refractivity contribution in [3.8, 4) is 0 Å². The van der Waals surface area contributed by atoms with Crippen LogP contribution in [0.15, 0.2) is 0 Å². The highest BCUT2D eigenvalue weighted by atomic mass is 16.5. The van der Waals surface area contributed by atoms with Gasteiger partial charge in [0.25, 0.3) is 0 Å². The lowest BCUT2D eigenvalue weighted by molar-refractivity contribution is -0.142. The number of ether oxygens (including phenoxy) is 2. The average Bonchev–Trinajstić information content (AvgIpc) is 2.42. The second kappa shape index (κ2) is 10.8. The van der Waals surface area contributed by atoms with Crippen LogP contribution in [0.5, 0.6) is 0 Å². The highest BCUT2D eigenvalue weighted by Gasteiger charge is 2.15. The molecule has 1 amide bonds. The highest BCUT2D eigenvalue weighted by Crippen LogP contribution is 1.98. The van der Waals surface area contributed by atoms with Gasteiger partial charge in [0.15, 0.2) is 0 Å². The van der Waals surface area contributed by atoms with Crippen LogP contribution in [0.4, 0.5) is 0 Å². The van der Waals surface area contributed by atoms with Crippen LogP contribution in [0.2, 0.25) is 0 Å². The summed E-state index contributed by atoms with van der Waals surface area (Å²) in [5, 5.41) is 0. The van der Waals surface area contributed by atoms with Crippen molar-refractivity contribution in [3.63, 3.8) is 0 Å². The van der Waals surface area contributed by atoms with Crippen molar-refractivity contribution < 1.29 is 19.1 Å². The maximum absolute atomic E-state index is 11.9. The molecule has 6 heteroatoms. The molecule has 6 nitrogen and oxygen atoms in total. The second-order valence-corrected chi connectivity index (χ2v) is 4.17. The lowest BCUT2D eigenvalue weighted by atomic mass is 10.3. The van der Waals surface area contributed by atoms with E-state index in [1.54, 1.807) is 4.90 Å². The molecule has 0 atom stereocenters. The minimum Gasteiger partial charge on any atom is -0.469 e. The number of nitrogens with zero attached hydrogens (tertiary/aromatic N) is 2. The monoisotopic (exact) mass is 274 g/mol. The Labute approximate surface area is 115 Å². The Bertz CT molecular complexity index is 267. The van der Waals surface area contributed by atoms with Gasteiger partial charge in [0.1, 0.15) is 6.61 Å². The van der Waals surface area contributed by atoms with Crippen molar-refractivity contribution in [3.05, 3.63) is 0 Å². The van der Waals surface area contributed by atoms with Crippen LogP contribution >= 0.6 is 0 Å². The van der Waals surface area contributed by atoms with Gasteiger partial charge in [0.2, 0.25) is 5.91 Å². The van der Waals surface area contributed by atoms with Gasteiger partial charge in [-0.1, -0.05) is 13.8 Å². The SMILES string of the molecule is CCN(CC)CCN(CCC(=O)OC)C(=O)COC. The standard InChI is InChI=1S/C13H26N2O4/c1-5-14(6-2)9-10-15(12(16)11-18-3)8-7-13(17)19-4/h5-11H2,1-4H3. The first-order valence-electron chi connectivity index (χ1n) is 6.64. The van der Waals surface area contributed by atoms with Crippen molar-refractivity contribution in [2.45, 2.75) is 20.3 Å². The van der Waals surface area contributed by atoms with Gasteiger partial charge < -0.3 is 19.3 Å². The Kier molecular flexibility index (Phi) is 10.1. The van der Waals surface area contributed by atoms with Crippen molar-refractivity contribution >= 4 is 11.9 Å². The highest BCUT2D eigenvalue weighted by molar-refractivity contribution is 5.78. The summed E-state index contributed by atoms with van der Waals surface area (Å²) in [5.74, 6) is -0.406. The molecule has 19 heavy (non-hydrogen) atoms. The first kappa shape index (κ1) is 17.9. The number of methoxy groups -OCH3 is 2. The van der Waals surface area contributed by atoms with Gasteiger partial charge in [0.05, 0.1) is 13.5 Å². The molecule has 0 rings (SSSR count). The molecular weight excluding hydrogens is 248 g/mol. The predicted octanol–water partition coefficient (Wildman–Crippen LogP) is 0.366. The number of esters is 1. The molecule has 0 aromatic carbocycles. The van der Waals surface area contributed by atoms with Crippen LogP contribution in [-0.2, 0) is 19.1 Å². The molecule has 0 aliphatic carbocycles. The van der Waals surface area contributed by atoms with Crippen LogP contribution in [0.25, 0.3) is 0 Å². The minimum atomic E-state index is -0.307. The molecule has 0 aliphatic rings. The van der Waals surface area contributed by atoms with Crippen molar-refractivity contribution in [1.29, 1.82) is 0 Å². The van der Waals surface area contributed by atoms with Gasteiger partial charge in [-0.15, -0.1) is 0 Å². The van der Waals surface area contributed by atoms with E-state index in [-0.39, 0.29) is 24.9 Å². The minimum absolute atomic E-state index is 0.0411. The zero-order valence-electron chi connectivity index (χ0n) is 12.5. The van der Waals surface area contributed by atoms with E-state index in [1.807, 2.05) is 0 Å². The fourth-order valence-electron chi connectivity index (χ4n) is 1.71. The summed E-state index contributed by atoms with van der Waals surface area (Å²) in [6, 6.07) is 0. The van der Waals surface area contributed by atoms with Crippen LogP contribution in [0.3, 0.4) is 0 Å². The van der Waals surface area contributed by atoms with E-state index < -0.39 is 0 Å². The van der Waals surface area contributed by atoms with E-state index in [0.29, 0.717) is 13.1 Å². The molecule has 0 aromatic rings. The Hall–Kier alpha value is -1.14. The Morgan fingerprint density at radius 1 is 1.00 bits per heavy atom. The van der Waals surface area contributed by atoms with Gasteiger partial charge in [-0.3, -0.25) is 9.59 Å². The topological polar surface area (TPSA) is 59.1 Å². The fourth-order valence-corrected chi connectivity index (χ4v) is 1.71. The third-order valence-corrected chi connectivity index (χ3v) is 3.01. The quantitative estimate of drug-likeness (QED) is 0.539. The summed E-state index contributed by atoms with van der Waals surface area (Å²) in [5.41, 5.74) is 0. The smallest absolute Gasteiger partial charge is 0.307 e. The molecule has 0 spiro atoms. The fraction of sp³-hybridized carbons (Fsp3) is 0.846. The van der Waals surface area contributed by atoms with E-state index in [0.717, 1.165) is 19.6 Å². The number of likely N-dealkylation sites (N-methyl/N-ethyl adjacent to an activating group) is 1. The first-order valence-corrected chi connectivity index (χ1v) is 6.64. The van der Waals surface area contributed by atoms with Crippen LogP contribution in [-0.4, -0.2) is 75.2 Å². The maximum Gasteiger partial charge on any atom is 0.307 e. The normalized spacial score (nSPS) is 10.6. The molecule has 0 aliphatic heterocycles. The molecule has 0 aromatic heterocycles. The summed E-state index contributed by atoms with van der Waals surface area (Å²) < 4.78 is 9.45. The first-order chi connectivity index (χ1) is 9.08. The van der Waals surface area contributed by atoms with E-state index in [2.05, 4.69) is 23.5 Å². The summed E-state index contributed by atoms with van der Waals surface area (Å²) in [4.78, 5) is 26.9. The van der Waals surface area contributed by atoms with E-state index in [4.69, 9.17) is 4.74 Å². The summed E-state index contributed by atoms with van der Waals surface area (Å²) in [7, 11) is 2.83. The predicted molar refractivity (Wildman–Crippen MR) is 72.9 cm³/mol. The van der Waals surface area contributed by atoms with E-state index >= 15 is 0 Å². The molecule has 0 saturated heterocycles. The molecule has 0 saturated carbocycles. The number of rotatable bonds is 10. The van der Waals surface area contributed by atoms with Crippen molar-refractivity contribution in [1.82, 2.24) is 9.80 Å². The number of carbonyl (C=O) groups is 2. The van der Waals surface area contributed by atoms with Gasteiger partial charge in [-0.25, -0.2) is 0 Å². The van der Waals surface area contributed by atoms with E-state index in [1.165, 1.54) is 14.2 Å². The van der Waals surface area contributed by atoms with Crippen LogP contribution in [0, 0.1) is 0 Å². The molecule has 0 heterocycles. The third kappa shape index (κ3) is 7.79. The average molecular weight is 274 g/mol. The molecule has 0 bridgehead atoms. The van der Waals surface area contributed by atoms with Crippen molar-refractivity contribution in [2.75, 3.05) is 53.6 Å². The number of hydrogen-bond donors (Lipinski definition) is 0. The lowest BCUT2D eigenvalue weighted by Crippen LogP contribution is -2.41. The Balaban J connectivity index is 4.32. The van der Waals surface area contributed by atoms with Crippen LogP contribution < -0.4 is 0 Å². The Morgan fingerprint density at radius 3 is 2.11 bits per heavy atom. The van der Waals surface area contributed by atoms with E-state index in [9.17, 15) is 9.59 Å². The zero-order chi connectivity index (χ0) is 14.7. The molecule has 0 unspecified atom stereocenters. The maximum atomic E-state index is 11.9.